The normalized spacial score (nSPS) is 15.8. The van der Waals surface area contributed by atoms with Gasteiger partial charge in [-0.05, 0) is 0 Å². The lowest BCUT2D eigenvalue weighted by Gasteiger charge is -2.19. The molecule has 1 aliphatic rings. The molecule has 1 N–H and O–H groups in total. The summed E-state index contributed by atoms with van der Waals surface area (Å²) < 4.78 is 4.60. The van der Waals surface area contributed by atoms with Crippen molar-refractivity contribution in [1.82, 2.24) is 10.4 Å². The Morgan fingerprint density at radius 3 is 2.20 bits per heavy atom. The van der Waals surface area contributed by atoms with Crippen LogP contribution in [0.4, 0.5) is 0 Å². The Kier molecular flexibility index (Phi) is 5.18. The second-order valence-electron chi connectivity index (χ2n) is 4.05. The molecule has 9 nitrogen and oxygen atoms in total. The molecular weight excluding hydrogens is 272 g/mol. The Morgan fingerprint density at radius 2 is 1.75 bits per heavy atom. The average molecular weight is 286 g/mol. The molecule has 0 aromatic heterocycles. The van der Waals surface area contributed by atoms with Crippen molar-refractivity contribution in [1.29, 1.82) is 0 Å². The zero-order valence-corrected chi connectivity index (χ0v) is 11.0. The molecule has 0 aliphatic carbocycles. The van der Waals surface area contributed by atoms with Crippen molar-refractivity contribution in [3.05, 3.63) is 0 Å². The fraction of sp³-hybridized carbons (Fsp3) is 0.545. The summed E-state index contributed by atoms with van der Waals surface area (Å²) in [6.07, 6.45) is -0.0816. The molecule has 9 heteroatoms. The van der Waals surface area contributed by atoms with Crippen LogP contribution in [0, 0.1) is 0 Å². The molecule has 1 atom stereocenters. The number of amides is 3. The molecule has 1 saturated heterocycles. The molecule has 3 amide bonds. The van der Waals surface area contributed by atoms with Crippen LogP contribution >= 0.6 is 0 Å². The number of nitrogens with zero attached hydrogens (tertiary/aromatic N) is 1. The predicted molar refractivity (Wildman–Crippen MR) is 61.4 cm³/mol. The summed E-state index contributed by atoms with van der Waals surface area (Å²) in [7, 11) is 0. The highest BCUT2D eigenvalue weighted by Crippen LogP contribution is 2.12. The summed E-state index contributed by atoms with van der Waals surface area (Å²) in [5.74, 6) is -3.56. The third-order valence-corrected chi connectivity index (χ3v) is 2.30. The Hall–Kier alpha value is -2.45. The molecule has 0 saturated carbocycles. The first-order valence-electron chi connectivity index (χ1n) is 5.79. The molecular formula is C11H14N2O7. The largest absolute Gasteiger partial charge is 0.463 e. The molecule has 1 unspecified atom stereocenters. The number of hydroxylamine groups is 2. The number of nitrogens with one attached hydrogen (secondary N) is 1. The second kappa shape index (κ2) is 6.64. The number of rotatable bonds is 5. The minimum atomic E-state index is -1.29. The van der Waals surface area contributed by atoms with Gasteiger partial charge in [0.15, 0.2) is 6.04 Å². The van der Waals surface area contributed by atoms with E-state index in [1.54, 1.807) is 0 Å². The number of carbonyl (C=O) groups is 5. The van der Waals surface area contributed by atoms with E-state index in [0.717, 1.165) is 13.8 Å². The molecule has 0 spiro atoms. The fourth-order valence-electron chi connectivity index (χ4n) is 1.43. The summed E-state index contributed by atoms with van der Waals surface area (Å²) in [6.45, 7) is 1.83. The van der Waals surface area contributed by atoms with E-state index < -0.39 is 42.3 Å². The summed E-state index contributed by atoms with van der Waals surface area (Å²) in [6, 6.07) is -1.29. The summed E-state index contributed by atoms with van der Waals surface area (Å²) in [4.78, 5) is 60.6. The number of esters is 1. The molecule has 1 rings (SSSR count). The molecule has 0 aromatic rings. The van der Waals surface area contributed by atoms with Crippen molar-refractivity contribution in [3.8, 4) is 0 Å². The van der Waals surface area contributed by atoms with E-state index in [-0.39, 0.29) is 12.8 Å². The van der Waals surface area contributed by atoms with Gasteiger partial charge >= 0.3 is 11.9 Å². The van der Waals surface area contributed by atoms with Gasteiger partial charge in [-0.2, -0.15) is 0 Å². The lowest BCUT2D eigenvalue weighted by Crippen LogP contribution is -2.47. The van der Waals surface area contributed by atoms with Crippen LogP contribution in [0.1, 0.15) is 26.7 Å². The van der Waals surface area contributed by atoms with Crippen molar-refractivity contribution in [3.63, 3.8) is 0 Å². The first-order valence-corrected chi connectivity index (χ1v) is 5.79. The monoisotopic (exact) mass is 286 g/mol. The highest BCUT2D eigenvalue weighted by atomic mass is 16.7. The maximum absolute atomic E-state index is 11.8. The Bertz CT molecular complexity index is 444. The summed E-state index contributed by atoms with van der Waals surface area (Å²) in [5.41, 5.74) is 0. The molecule has 20 heavy (non-hydrogen) atoms. The Labute approximate surface area is 114 Å². The van der Waals surface area contributed by atoms with Crippen molar-refractivity contribution in [2.75, 3.05) is 6.61 Å². The van der Waals surface area contributed by atoms with E-state index in [2.05, 4.69) is 14.9 Å². The van der Waals surface area contributed by atoms with Crippen LogP contribution in [0.2, 0.25) is 0 Å². The molecule has 110 valence electrons. The van der Waals surface area contributed by atoms with Crippen LogP contribution in [0.15, 0.2) is 0 Å². The van der Waals surface area contributed by atoms with Crippen LogP contribution in [-0.4, -0.2) is 47.4 Å². The van der Waals surface area contributed by atoms with E-state index in [1.165, 1.54) is 0 Å². The van der Waals surface area contributed by atoms with E-state index in [9.17, 15) is 24.0 Å². The molecule has 1 heterocycles. The number of imide groups is 1. The molecule has 0 aromatic carbocycles. The quantitative estimate of drug-likeness (QED) is 0.490. The third-order valence-electron chi connectivity index (χ3n) is 2.30. The first-order chi connectivity index (χ1) is 9.31. The minimum absolute atomic E-state index is 0.0408. The maximum atomic E-state index is 11.8. The lowest BCUT2D eigenvalue weighted by molar-refractivity contribution is -0.200. The van der Waals surface area contributed by atoms with Crippen molar-refractivity contribution < 1.29 is 33.5 Å². The van der Waals surface area contributed by atoms with Gasteiger partial charge in [-0.15, -0.1) is 5.06 Å². The van der Waals surface area contributed by atoms with Crippen LogP contribution in [0.25, 0.3) is 0 Å². The topological polar surface area (TPSA) is 119 Å². The molecule has 0 bridgehead atoms. The van der Waals surface area contributed by atoms with E-state index >= 15 is 0 Å². The predicted octanol–water partition coefficient (Wildman–Crippen LogP) is -1.34. The fourth-order valence-corrected chi connectivity index (χ4v) is 1.43. The molecule has 0 radical (unpaired) electrons. The zero-order chi connectivity index (χ0) is 15.3. The highest BCUT2D eigenvalue weighted by Gasteiger charge is 2.35. The SMILES string of the molecule is CC(=O)NC(COC(C)=O)C(=O)ON1C(=O)CCC1=O. The van der Waals surface area contributed by atoms with E-state index in [4.69, 9.17) is 0 Å². The molecule has 1 fully saturated rings. The zero-order valence-electron chi connectivity index (χ0n) is 11.0. The maximum Gasteiger partial charge on any atom is 0.358 e. The Morgan fingerprint density at radius 1 is 1.20 bits per heavy atom. The number of hydrogen-bond acceptors (Lipinski definition) is 7. The van der Waals surface area contributed by atoms with Gasteiger partial charge in [-0.1, -0.05) is 0 Å². The van der Waals surface area contributed by atoms with Crippen molar-refractivity contribution in [2.45, 2.75) is 32.7 Å². The highest BCUT2D eigenvalue weighted by molar-refractivity contribution is 6.01. The smallest absolute Gasteiger partial charge is 0.358 e. The van der Waals surface area contributed by atoms with Gasteiger partial charge < -0.3 is 14.9 Å². The first kappa shape index (κ1) is 15.6. The Balaban J connectivity index is 2.66. The van der Waals surface area contributed by atoms with Crippen molar-refractivity contribution in [2.24, 2.45) is 0 Å². The average Bonchev–Trinajstić information content (AvgIpc) is 2.65. The number of carbonyl (C=O) groups excluding carboxylic acids is 5. The van der Waals surface area contributed by atoms with Crippen LogP contribution in [0.3, 0.4) is 0 Å². The van der Waals surface area contributed by atoms with Crippen LogP contribution in [-0.2, 0) is 33.5 Å². The van der Waals surface area contributed by atoms with Crippen molar-refractivity contribution >= 4 is 29.7 Å². The van der Waals surface area contributed by atoms with Crippen LogP contribution < -0.4 is 5.32 Å². The van der Waals surface area contributed by atoms with E-state index in [1.807, 2.05) is 0 Å². The van der Waals surface area contributed by atoms with Gasteiger partial charge in [-0.3, -0.25) is 19.2 Å². The number of ether oxygens (including phenoxy) is 1. The second-order valence-corrected chi connectivity index (χ2v) is 4.05. The number of hydrogen-bond donors (Lipinski definition) is 1. The van der Waals surface area contributed by atoms with E-state index in [0.29, 0.717) is 5.06 Å². The lowest BCUT2D eigenvalue weighted by atomic mass is 10.3. The summed E-state index contributed by atoms with van der Waals surface area (Å²) >= 11 is 0. The minimum Gasteiger partial charge on any atom is -0.463 e. The molecule has 1 aliphatic heterocycles. The third kappa shape index (κ3) is 4.34. The van der Waals surface area contributed by atoms with Gasteiger partial charge in [0.2, 0.25) is 5.91 Å². The standard InChI is InChI=1S/C11H14N2O7/c1-6(14)12-8(5-19-7(2)15)11(18)20-13-9(16)3-4-10(13)17/h8H,3-5H2,1-2H3,(H,12,14). The van der Waals surface area contributed by atoms with Gasteiger partial charge in [0.05, 0.1) is 0 Å². The van der Waals surface area contributed by atoms with Gasteiger partial charge in [0, 0.05) is 26.7 Å². The van der Waals surface area contributed by atoms with Crippen LogP contribution in [0.5, 0.6) is 0 Å². The van der Waals surface area contributed by atoms with Gasteiger partial charge in [0.1, 0.15) is 6.61 Å². The van der Waals surface area contributed by atoms with Gasteiger partial charge in [0.25, 0.3) is 11.8 Å². The summed E-state index contributed by atoms with van der Waals surface area (Å²) in [5, 5.41) is 2.55. The van der Waals surface area contributed by atoms with Gasteiger partial charge in [-0.25, -0.2) is 4.79 Å².